The van der Waals surface area contributed by atoms with E-state index in [2.05, 4.69) is 10.9 Å². The van der Waals surface area contributed by atoms with E-state index in [1.807, 2.05) is 38.1 Å². The van der Waals surface area contributed by atoms with E-state index in [1.165, 1.54) is 19.1 Å². The van der Waals surface area contributed by atoms with Crippen molar-refractivity contribution in [1.82, 2.24) is 4.98 Å². The summed E-state index contributed by atoms with van der Waals surface area (Å²) >= 11 is 0. The van der Waals surface area contributed by atoms with E-state index in [1.54, 1.807) is 12.1 Å². The summed E-state index contributed by atoms with van der Waals surface area (Å²) in [6.45, 7) is 5.01. The molecule has 0 spiro atoms. The van der Waals surface area contributed by atoms with Gasteiger partial charge in [-0.25, -0.2) is 14.2 Å². The first-order valence-electron chi connectivity index (χ1n) is 10.3. The molecule has 8 heteroatoms. The van der Waals surface area contributed by atoms with Crippen molar-refractivity contribution >= 4 is 24.9 Å². The van der Waals surface area contributed by atoms with Crippen LogP contribution in [0.25, 0.3) is 22.0 Å². The van der Waals surface area contributed by atoms with Gasteiger partial charge in [-0.2, -0.15) is 0 Å². The highest BCUT2D eigenvalue weighted by atomic mass is 31.1. The van der Waals surface area contributed by atoms with Gasteiger partial charge in [0.05, 0.1) is 17.3 Å². The molecule has 0 saturated carbocycles. The molecule has 3 rings (SSSR count). The minimum Gasteiger partial charge on any atom is -0.422 e. The summed E-state index contributed by atoms with van der Waals surface area (Å²) in [7, 11) is -2.09. The van der Waals surface area contributed by atoms with Crippen LogP contribution < -0.4 is 4.74 Å². The molecule has 1 aromatic heterocycles. The minimum atomic E-state index is -3.23. The van der Waals surface area contributed by atoms with Crippen molar-refractivity contribution in [1.29, 1.82) is 0 Å². The quantitative estimate of drug-likeness (QED) is 0.300. The van der Waals surface area contributed by atoms with Crippen LogP contribution in [0.3, 0.4) is 0 Å². The average molecular weight is 469 g/mol. The van der Waals surface area contributed by atoms with Crippen LogP contribution in [-0.2, 0) is 13.9 Å². The van der Waals surface area contributed by atoms with Crippen LogP contribution in [0.15, 0.2) is 48.5 Å². The number of para-hydroxylation sites is 1. The molecule has 0 amide bonds. The van der Waals surface area contributed by atoms with Crippen molar-refractivity contribution < 1.29 is 28.1 Å². The second kappa shape index (κ2) is 9.84. The van der Waals surface area contributed by atoms with Crippen LogP contribution in [0.1, 0.15) is 32.4 Å². The van der Waals surface area contributed by atoms with Crippen molar-refractivity contribution in [2.75, 3.05) is 7.11 Å². The lowest BCUT2D eigenvalue weighted by Crippen LogP contribution is -2.46. The third-order valence-corrected chi connectivity index (χ3v) is 7.21. The van der Waals surface area contributed by atoms with E-state index in [-0.39, 0.29) is 11.7 Å². The van der Waals surface area contributed by atoms with Gasteiger partial charge in [0.1, 0.15) is 5.82 Å². The number of carbonyl (C=O) groups excluding carboxylic acids is 1. The van der Waals surface area contributed by atoms with Gasteiger partial charge in [0.15, 0.2) is 5.75 Å². The first-order chi connectivity index (χ1) is 15.7. The molecular formula is C25H25FNO5P. The summed E-state index contributed by atoms with van der Waals surface area (Å²) in [5.74, 6) is 0.569. The number of hydrogen-bond acceptors (Lipinski definition) is 6. The summed E-state index contributed by atoms with van der Waals surface area (Å²) in [5.41, 5.74) is 2.20. The van der Waals surface area contributed by atoms with Crippen LogP contribution in [0.2, 0.25) is 0 Å². The molecule has 0 fully saturated rings. The van der Waals surface area contributed by atoms with Crippen LogP contribution in [0, 0.1) is 18.2 Å². The number of hydrogen-bond donors (Lipinski definition) is 1. The smallest absolute Gasteiger partial charge is 0.342 e. The molecule has 33 heavy (non-hydrogen) atoms. The van der Waals surface area contributed by atoms with Crippen LogP contribution >= 0.6 is 8.03 Å². The van der Waals surface area contributed by atoms with Gasteiger partial charge in [-0.3, -0.25) is 4.57 Å². The highest BCUT2D eigenvalue weighted by Crippen LogP contribution is 2.46. The van der Waals surface area contributed by atoms with Gasteiger partial charge < -0.3 is 14.4 Å². The number of fused-ring (bicyclic) bond motifs is 1. The fraction of sp³-hybridized carbons (Fsp3) is 0.280. The van der Waals surface area contributed by atoms with E-state index in [0.717, 1.165) is 7.11 Å². The number of pyridine rings is 1. The number of carbonyl (C=O) groups is 1. The summed E-state index contributed by atoms with van der Waals surface area (Å²) in [5, 5.41) is 8.80. The zero-order valence-electron chi connectivity index (χ0n) is 18.8. The Bertz CT molecular complexity index is 1250. The first kappa shape index (κ1) is 24.6. The van der Waals surface area contributed by atoms with Gasteiger partial charge in [-0.05, 0) is 36.6 Å². The first-order valence-corrected chi connectivity index (χ1v) is 11.6. The third kappa shape index (κ3) is 4.43. The maximum atomic E-state index is 13.7. The fourth-order valence-corrected chi connectivity index (χ4v) is 4.61. The van der Waals surface area contributed by atoms with Gasteiger partial charge in [0.25, 0.3) is 0 Å². The van der Waals surface area contributed by atoms with Crippen LogP contribution in [0.4, 0.5) is 4.39 Å². The van der Waals surface area contributed by atoms with Gasteiger partial charge in [0, 0.05) is 18.1 Å². The topological polar surface area (TPSA) is 85.7 Å². The molecule has 3 aromatic rings. The largest absolute Gasteiger partial charge is 0.422 e. The Hall–Kier alpha value is -3.04. The van der Waals surface area contributed by atoms with Gasteiger partial charge in [-0.1, -0.05) is 50.1 Å². The van der Waals surface area contributed by atoms with Crippen molar-refractivity contribution in [3.05, 3.63) is 60.0 Å². The number of aliphatic hydroxyl groups excluding tert-OH is 1. The highest BCUT2D eigenvalue weighted by molar-refractivity contribution is 7.43. The van der Waals surface area contributed by atoms with Crippen molar-refractivity contribution in [2.45, 2.75) is 37.9 Å². The SMILES string of the molecule is C#CC(C(=O)Oc1c(C(C)C)nc2ccccc2c1-c1ccc(F)cc1)(C(C)O)[PH](=O)OC. The van der Waals surface area contributed by atoms with Crippen molar-refractivity contribution in [3.63, 3.8) is 0 Å². The normalized spacial score (nSPS) is 15.0. The molecule has 0 bridgehead atoms. The number of aliphatic hydroxyl groups is 1. The van der Waals surface area contributed by atoms with Gasteiger partial charge in [0.2, 0.25) is 13.2 Å². The van der Waals surface area contributed by atoms with E-state index in [9.17, 15) is 18.9 Å². The number of esters is 1. The highest BCUT2D eigenvalue weighted by Gasteiger charge is 2.50. The second-order valence-corrected chi connectivity index (χ2v) is 9.66. The molecule has 0 radical (unpaired) electrons. The van der Waals surface area contributed by atoms with Crippen LogP contribution in [-0.4, -0.2) is 34.4 Å². The molecule has 172 valence electrons. The average Bonchev–Trinajstić information content (AvgIpc) is 2.79. The molecule has 1 heterocycles. The number of aromatic nitrogens is 1. The maximum Gasteiger partial charge on any atom is 0.342 e. The Labute approximate surface area is 192 Å². The number of ether oxygens (including phenoxy) is 1. The summed E-state index contributed by atoms with van der Waals surface area (Å²) in [6, 6.07) is 13.0. The van der Waals surface area contributed by atoms with E-state index >= 15 is 0 Å². The molecule has 6 nitrogen and oxygen atoms in total. The number of nitrogens with zero attached hydrogens (tertiary/aromatic N) is 1. The molecule has 0 aliphatic carbocycles. The molecule has 2 aromatic carbocycles. The Morgan fingerprint density at radius 2 is 1.82 bits per heavy atom. The summed E-state index contributed by atoms with van der Waals surface area (Å²) in [6.07, 6.45) is 4.06. The lowest BCUT2D eigenvalue weighted by molar-refractivity contribution is -0.138. The lowest BCUT2D eigenvalue weighted by atomic mass is 9.95. The van der Waals surface area contributed by atoms with Gasteiger partial charge in [-0.15, -0.1) is 6.42 Å². The number of terminal acetylenes is 1. The Morgan fingerprint density at radius 1 is 1.18 bits per heavy atom. The minimum absolute atomic E-state index is 0.103. The summed E-state index contributed by atoms with van der Waals surface area (Å²) in [4.78, 5) is 18.1. The maximum absolute atomic E-state index is 13.7. The molecule has 0 aliphatic heterocycles. The third-order valence-electron chi connectivity index (χ3n) is 5.43. The van der Waals surface area contributed by atoms with E-state index in [4.69, 9.17) is 15.7 Å². The summed E-state index contributed by atoms with van der Waals surface area (Å²) < 4.78 is 37.0. The predicted octanol–water partition coefficient (Wildman–Crippen LogP) is 4.94. The molecule has 0 aliphatic rings. The molecule has 0 saturated heterocycles. The zero-order valence-corrected chi connectivity index (χ0v) is 19.8. The number of benzene rings is 2. The van der Waals surface area contributed by atoms with Crippen LogP contribution in [0.5, 0.6) is 5.75 Å². The molecule has 3 atom stereocenters. The molecule has 3 unspecified atom stereocenters. The molecular weight excluding hydrogens is 444 g/mol. The standard InChI is InChI=1S/C25H25FNO5P/c1-6-25(16(4)28,33(30)31-5)24(29)32-23-21(17-11-13-18(26)14-12-17)19-9-7-8-10-20(19)27-22(23)15(2)3/h1,7-16,28,33H,2-5H3. The Balaban J connectivity index is 2.33. The number of rotatable bonds is 7. The van der Waals surface area contributed by atoms with E-state index in [0.29, 0.717) is 27.7 Å². The number of halogens is 1. The fourth-order valence-electron chi connectivity index (χ4n) is 3.61. The monoisotopic (exact) mass is 469 g/mol. The van der Waals surface area contributed by atoms with Crippen molar-refractivity contribution in [2.24, 2.45) is 0 Å². The lowest BCUT2D eigenvalue weighted by Gasteiger charge is -2.28. The predicted molar refractivity (Wildman–Crippen MR) is 126 cm³/mol. The van der Waals surface area contributed by atoms with Gasteiger partial charge >= 0.3 is 5.97 Å². The Kier molecular flexibility index (Phi) is 7.34. The Morgan fingerprint density at radius 3 is 2.36 bits per heavy atom. The second-order valence-electron chi connectivity index (χ2n) is 7.89. The van der Waals surface area contributed by atoms with E-state index < -0.39 is 31.1 Å². The zero-order chi connectivity index (χ0) is 24.3. The van der Waals surface area contributed by atoms with Crippen molar-refractivity contribution in [3.8, 4) is 29.2 Å². The molecule has 1 N–H and O–H groups in total.